The average Bonchev–Trinajstić information content (AvgIpc) is 2.49. The Morgan fingerprint density at radius 3 is 2.40 bits per heavy atom. The average molecular weight is 336 g/mol. The molecule has 4 nitrogen and oxygen atoms in total. The van der Waals surface area contributed by atoms with Crippen molar-refractivity contribution >= 4 is 27.7 Å². The molecule has 0 heterocycles. The molecule has 0 spiro atoms. The molecule has 0 aromatic heterocycles. The summed E-state index contributed by atoms with van der Waals surface area (Å²) in [6.07, 6.45) is -0.591. The predicted molar refractivity (Wildman–Crippen MR) is 81.0 cm³/mol. The van der Waals surface area contributed by atoms with E-state index in [-0.39, 0.29) is 0 Å². The van der Waals surface area contributed by atoms with Crippen molar-refractivity contribution in [2.24, 2.45) is 0 Å². The van der Waals surface area contributed by atoms with Gasteiger partial charge in [0.15, 0.2) is 0 Å². The quantitative estimate of drug-likeness (QED) is 0.622. The van der Waals surface area contributed by atoms with Gasteiger partial charge in [-0.25, -0.2) is 4.79 Å². The second kappa shape index (κ2) is 7.07. The third kappa shape index (κ3) is 3.37. The molecule has 5 heteroatoms. The van der Waals surface area contributed by atoms with E-state index in [0.717, 1.165) is 10.6 Å². The number of anilines is 1. The number of nitrogens with zero attached hydrogens (tertiary/aromatic N) is 1. The van der Waals surface area contributed by atoms with Gasteiger partial charge in [-0.3, -0.25) is 4.84 Å². The molecule has 0 saturated carbocycles. The molecule has 2 rings (SSSR count). The highest BCUT2D eigenvalue weighted by Crippen LogP contribution is 2.24. The smallest absolute Gasteiger partial charge is 0.408 e. The Kier molecular flexibility index (Phi) is 5.15. The summed E-state index contributed by atoms with van der Waals surface area (Å²) in [6.45, 7) is 0. The van der Waals surface area contributed by atoms with Crippen LogP contribution in [0.4, 0.5) is 10.5 Å². The molecule has 0 atom stereocenters. The molecule has 0 radical (unpaired) electrons. The number of benzene rings is 2. The van der Waals surface area contributed by atoms with Gasteiger partial charge in [-0.05, 0) is 23.8 Å². The van der Waals surface area contributed by atoms with Crippen molar-refractivity contribution in [1.29, 1.82) is 0 Å². The van der Waals surface area contributed by atoms with Crippen LogP contribution in [0.3, 0.4) is 0 Å². The number of para-hydroxylation sites is 2. The van der Waals surface area contributed by atoms with E-state index in [4.69, 9.17) is 9.57 Å². The first-order valence-corrected chi connectivity index (χ1v) is 7.13. The zero-order valence-electron chi connectivity index (χ0n) is 11.0. The molecule has 0 unspecified atom stereocenters. The fourth-order valence-electron chi connectivity index (χ4n) is 1.72. The Balaban J connectivity index is 2.21. The number of carbonyl (C=O) groups is 1. The van der Waals surface area contributed by atoms with Gasteiger partial charge >= 0.3 is 6.09 Å². The van der Waals surface area contributed by atoms with E-state index < -0.39 is 6.09 Å². The Morgan fingerprint density at radius 2 is 1.75 bits per heavy atom. The number of hydroxylamine groups is 1. The zero-order valence-corrected chi connectivity index (χ0v) is 12.5. The van der Waals surface area contributed by atoms with Crippen molar-refractivity contribution in [3.63, 3.8) is 0 Å². The van der Waals surface area contributed by atoms with Crippen molar-refractivity contribution < 1.29 is 14.4 Å². The van der Waals surface area contributed by atoms with E-state index in [0.29, 0.717) is 16.8 Å². The van der Waals surface area contributed by atoms with Crippen LogP contribution in [0.1, 0.15) is 5.56 Å². The number of ether oxygens (including phenoxy) is 1. The van der Waals surface area contributed by atoms with Crippen molar-refractivity contribution in [1.82, 2.24) is 0 Å². The monoisotopic (exact) mass is 335 g/mol. The van der Waals surface area contributed by atoms with Gasteiger partial charge in [0.05, 0.1) is 12.8 Å². The summed E-state index contributed by atoms with van der Waals surface area (Å²) in [5.74, 6) is 0.468. The molecular weight excluding hydrogens is 322 g/mol. The first-order chi connectivity index (χ1) is 9.76. The van der Waals surface area contributed by atoms with E-state index in [9.17, 15) is 4.79 Å². The predicted octanol–water partition coefficient (Wildman–Crippen LogP) is 4.15. The van der Waals surface area contributed by atoms with E-state index in [2.05, 4.69) is 15.9 Å². The Morgan fingerprint density at radius 1 is 1.10 bits per heavy atom. The minimum Gasteiger partial charge on any atom is -0.408 e. The van der Waals surface area contributed by atoms with Gasteiger partial charge in [0.2, 0.25) is 0 Å². The maximum absolute atomic E-state index is 12.2. The summed E-state index contributed by atoms with van der Waals surface area (Å²) < 4.78 is 5.27. The number of hydrogen-bond acceptors (Lipinski definition) is 3. The van der Waals surface area contributed by atoms with Gasteiger partial charge in [0.25, 0.3) is 0 Å². The molecule has 2 aromatic carbocycles. The van der Waals surface area contributed by atoms with Crippen molar-refractivity contribution in [3.8, 4) is 5.75 Å². The summed E-state index contributed by atoms with van der Waals surface area (Å²) >= 11 is 3.39. The highest BCUT2D eigenvalue weighted by Gasteiger charge is 2.20. The standard InChI is InChI=1S/C15H14BrNO3/c1-19-17(14-10-6-5-7-12(14)11-16)15(18)20-13-8-3-2-4-9-13/h2-10H,11H2,1H3. The molecule has 20 heavy (non-hydrogen) atoms. The van der Waals surface area contributed by atoms with Crippen LogP contribution in [-0.4, -0.2) is 13.2 Å². The molecule has 0 saturated heterocycles. The SMILES string of the molecule is CON(C(=O)Oc1ccccc1)c1ccccc1CBr. The largest absolute Gasteiger partial charge is 0.444 e. The number of hydrogen-bond donors (Lipinski definition) is 0. The summed E-state index contributed by atoms with van der Waals surface area (Å²) in [5.41, 5.74) is 1.58. The fraction of sp³-hybridized carbons (Fsp3) is 0.133. The third-order valence-corrected chi connectivity index (χ3v) is 3.26. The molecule has 0 aliphatic rings. The van der Waals surface area contributed by atoms with Gasteiger partial charge in [-0.2, -0.15) is 5.06 Å². The molecule has 0 aliphatic heterocycles. The molecule has 1 amide bonds. The number of halogens is 1. The van der Waals surface area contributed by atoms with Crippen molar-refractivity contribution in [3.05, 3.63) is 60.2 Å². The van der Waals surface area contributed by atoms with E-state index in [1.807, 2.05) is 24.3 Å². The number of amides is 1. The lowest BCUT2D eigenvalue weighted by Gasteiger charge is -2.21. The van der Waals surface area contributed by atoms with E-state index in [1.165, 1.54) is 7.11 Å². The molecule has 0 fully saturated rings. The molecule has 0 aliphatic carbocycles. The van der Waals surface area contributed by atoms with Crippen LogP contribution >= 0.6 is 15.9 Å². The minimum absolute atomic E-state index is 0.468. The minimum atomic E-state index is -0.591. The molecular formula is C15H14BrNO3. The topological polar surface area (TPSA) is 38.8 Å². The lowest BCUT2D eigenvalue weighted by Crippen LogP contribution is -2.33. The van der Waals surface area contributed by atoms with Crippen molar-refractivity contribution in [2.45, 2.75) is 5.33 Å². The van der Waals surface area contributed by atoms with Crippen LogP contribution in [0, 0.1) is 0 Å². The van der Waals surface area contributed by atoms with Crippen LogP contribution < -0.4 is 9.80 Å². The lowest BCUT2D eigenvalue weighted by molar-refractivity contribution is 0.135. The van der Waals surface area contributed by atoms with Crippen LogP contribution in [0.2, 0.25) is 0 Å². The molecule has 0 bridgehead atoms. The maximum Gasteiger partial charge on any atom is 0.444 e. The summed E-state index contributed by atoms with van der Waals surface area (Å²) in [5, 5.41) is 1.74. The fourth-order valence-corrected chi connectivity index (χ4v) is 2.20. The second-order valence-corrected chi connectivity index (χ2v) is 4.48. The van der Waals surface area contributed by atoms with Gasteiger partial charge in [0, 0.05) is 5.33 Å². The summed E-state index contributed by atoms with van der Waals surface area (Å²) in [6, 6.07) is 16.3. The number of carbonyl (C=O) groups excluding carboxylic acids is 1. The van der Waals surface area contributed by atoms with Gasteiger partial charge in [-0.15, -0.1) is 0 Å². The second-order valence-electron chi connectivity index (χ2n) is 3.92. The Bertz CT molecular complexity index is 574. The first kappa shape index (κ1) is 14.6. The molecule has 104 valence electrons. The van der Waals surface area contributed by atoms with Crippen LogP contribution in [-0.2, 0) is 10.2 Å². The Labute approximate surface area is 126 Å². The van der Waals surface area contributed by atoms with Crippen LogP contribution in [0.5, 0.6) is 5.75 Å². The number of rotatable bonds is 4. The highest BCUT2D eigenvalue weighted by molar-refractivity contribution is 9.08. The molecule has 2 aromatic rings. The summed E-state index contributed by atoms with van der Waals surface area (Å²) in [7, 11) is 1.43. The van der Waals surface area contributed by atoms with Crippen LogP contribution in [0.15, 0.2) is 54.6 Å². The lowest BCUT2D eigenvalue weighted by atomic mass is 10.2. The van der Waals surface area contributed by atoms with E-state index >= 15 is 0 Å². The summed E-state index contributed by atoms with van der Waals surface area (Å²) in [4.78, 5) is 17.3. The van der Waals surface area contributed by atoms with Crippen molar-refractivity contribution in [2.75, 3.05) is 12.2 Å². The third-order valence-electron chi connectivity index (χ3n) is 2.65. The molecule has 0 N–H and O–H groups in total. The Hall–Kier alpha value is -1.85. The normalized spacial score (nSPS) is 10.1. The van der Waals surface area contributed by atoms with Gasteiger partial charge in [0.1, 0.15) is 5.75 Å². The van der Waals surface area contributed by atoms with E-state index in [1.54, 1.807) is 30.3 Å². The van der Waals surface area contributed by atoms with Crippen LogP contribution in [0.25, 0.3) is 0 Å². The zero-order chi connectivity index (χ0) is 14.4. The maximum atomic E-state index is 12.2. The highest BCUT2D eigenvalue weighted by atomic mass is 79.9. The first-order valence-electron chi connectivity index (χ1n) is 6.01. The van der Waals surface area contributed by atoms with Gasteiger partial charge < -0.3 is 4.74 Å². The van der Waals surface area contributed by atoms with Gasteiger partial charge in [-0.1, -0.05) is 52.3 Å². The number of alkyl halides is 1.